The first kappa shape index (κ1) is 26.2. The van der Waals surface area contributed by atoms with Crippen molar-refractivity contribution in [2.75, 3.05) is 6.54 Å². The fraction of sp³-hybridized carbons (Fsp3) is 0.800. The molecular weight excluding hydrogens is 406 g/mol. The van der Waals surface area contributed by atoms with Crippen LogP contribution in [0.25, 0.3) is 0 Å². The molecule has 0 saturated heterocycles. The van der Waals surface area contributed by atoms with Gasteiger partial charge in [0, 0.05) is 18.7 Å². The van der Waals surface area contributed by atoms with Crippen LogP contribution in [0.2, 0.25) is 0 Å². The molecule has 0 aromatic heterocycles. The summed E-state index contributed by atoms with van der Waals surface area (Å²) in [6.07, 6.45) is 33.5. The summed E-state index contributed by atoms with van der Waals surface area (Å²) in [6, 6.07) is 0. The quantitative estimate of drug-likeness (QED) is 0.119. The molecule has 3 heteroatoms. The molecule has 1 atom stereocenters. The van der Waals surface area contributed by atoms with Crippen LogP contribution in [0.3, 0.4) is 0 Å². The average Bonchev–Trinajstić information content (AvgIpc) is 3.52. The lowest BCUT2D eigenvalue weighted by Gasteiger charge is -2.35. The van der Waals surface area contributed by atoms with Crippen molar-refractivity contribution < 1.29 is 9.59 Å². The maximum Gasteiger partial charge on any atom is 0.253 e. The first-order chi connectivity index (χ1) is 16.1. The molecule has 186 valence electrons. The van der Waals surface area contributed by atoms with Gasteiger partial charge in [-0.15, -0.1) is 0 Å². The molecule has 0 spiro atoms. The zero-order chi connectivity index (χ0) is 23.4. The lowest BCUT2D eigenvalue weighted by Crippen LogP contribution is -2.30. The van der Waals surface area contributed by atoms with Gasteiger partial charge in [-0.25, -0.2) is 0 Å². The van der Waals surface area contributed by atoms with Crippen LogP contribution in [0.15, 0.2) is 24.3 Å². The zero-order valence-corrected chi connectivity index (χ0v) is 21.4. The monoisotopic (exact) mass is 455 g/mol. The predicted molar refractivity (Wildman–Crippen MR) is 138 cm³/mol. The van der Waals surface area contributed by atoms with E-state index in [4.69, 9.17) is 0 Å². The van der Waals surface area contributed by atoms with Crippen molar-refractivity contribution >= 4 is 11.8 Å². The maximum atomic E-state index is 11.5. The van der Waals surface area contributed by atoms with Crippen molar-refractivity contribution in [1.82, 2.24) is 4.90 Å². The highest BCUT2D eigenvalue weighted by molar-refractivity contribution is 6.12. The van der Waals surface area contributed by atoms with Crippen LogP contribution < -0.4 is 0 Å². The van der Waals surface area contributed by atoms with Gasteiger partial charge in [0.2, 0.25) is 0 Å². The van der Waals surface area contributed by atoms with Crippen LogP contribution in [0.1, 0.15) is 129 Å². The van der Waals surface area contributed by atoms with Crippen LogP contribution in [-0.4, -0.2) is 23.3 Å². The molecule has 2 saturated carbocycles. The second-order valence-electron chi connectivity index (χ2n) is 11.2. The smallest absolute Gasteiger partial charge is 0.253 e. The third kappa shape index (κ3) is 8.11. The topological polar surface area (TPSA) is 37.4 Å². The minimum Gasteiger partial charge on any atom is -0.275 e. The largest absolute Gasteiger partial charge is 0.275 e. The van der Waals surface area contributed by atoms with E-state index in [0.717, 1.165) is 30.1 Å². The normalized spacial score (nSPS) is 25.2. The van der Waals surface area contributed by atoms with Crippen LogP contribution in [0, 0.1) is 17.3 Å². The van der Waals surface area contributed by atoms with Crippen molar-refractivity contribution in [3.8, 4) is 0 Å². The Morgan fingerprint density at radius 2 is 1.39 bits per heavy atom. The fourth-order valence-corrected chi connectivity index (χ4v) is 6.81. The first-order valence-corrected chi connectivity index (χ1v) is 14.3. The van der Waals surface area contributed by atoms with E-state index in [1.165, 1.54) is 120 Å². The molecule has 1 aliphatic heterocycles. The molecular formula is C30H49NO2. The Hall–Kier alpha value is -1.38. The Morgan fingerprint density at radius 3 is 1.91 bits per heavy atom. The molecule has 3 rings (SSSR count). The molecule has 0 aromatic carbocycles. The van der Waals surface area contributed by atoms with E-state index in [-0.39, 0.29) is 11.8 Å². The molecule has 1 unspecified atom stereocenters. The van der Waals surface area contributed by atoms with Crippen molar-refractivity contribution in [3.63, 3.8) is 0 Å². The summed E-state index contributed by atoms with van der Waals surface area (Å²) in [4.78, 5) is 24.3. The third-order valence-electron chi connectivity index (χ3n) is 8.90. The molecule has 33 heavy (non-hydrogen) atoms. The van der Waals surface area contributed by atoms with Crippen LogP contribution in [-0.2, 0) is 9.59 Å². The predicted octanol–water partition coefficient (Wildman–Crippen LogP) is 8.15. The number of fused-ring (bicyclic) bond motifs is 2. The summed E-state index contributed by atoms with van der Waals surface area (Å²) < 4.78 is 0. The van der Waals surface area contributed by atoms with Gasteiger partial charge < -0.3 is 0 Å². The van der Waals surface area contributed by atoms with Gasteiger partial charge >= 0.3 is 0 Å². The molecule has 0 aromatic rings. The van der Waals surface area contributed by atoms with Gasteiger partial charge in [0.1, 0.15) is 0 Å². The molecule has 3 nitrogen and oxygen atoms in total. The van der Waals surface area contributed by atoms with E-state index in [1.807, 2.05) is 0 Å². The second-order valence-corrected chi connectivity index (χ2v) is 11.2. The number of amides is 2. The zero-order valence-electron chi connectivity index (χ0n) is 21.4. The molecule has 2 bridgehead atoms. The van der Waals surface area contributed by atoms with Crippen LogP contribution >= 0.6 is 0 Å². The number of unbranched alkanes of at least 4 members (excludes halogenated alkanes) is 11. The molecule has 0 radical (unpaired) electrons. The Bertz CT molecular complexity index is 638. The van der Waals surface area contributed by atoms with E-state index in [0.29, 0.717) is 6.54 Å². The van der Waals surface area contributed by atoms with E-state index in [2.05, 4.69) is 19.1 Å². The van der Waals surface area contributed by atoms with Gasteiger partial charge in [-0.05, 0) is 75.0 Å². The number of imide groups is 1. The van der Waals surface area contributed by atoms with Crippen molar-refractivity contribution in [2.45, 2.75) is 129 Å². The van der Waals surface area contributed by atoms with Gasteiger partial charge in [-0.3, -0.25) is 14.5 Å². The number of rotatable bonds is 18. The molecule has 0 N–H and O–H groups in total. The Balaban J connectivity index is 1.07. The maximum absolute atomic E-state index is 11.5. The van der Waals surface area contributed by atoms with E-state index >= 15 is 0 Å². The third-order valence-corrected chi connectivity index (χ3v) is 8.90. The standard InChI is InChI=1S/C30H49NO2/c1-2-27(30-22-20-26(25-30)21-23-30)17-15-13-11-9-7-5-3-4-6-8-10-12-14-16-24-31-28(32)18-19-29(31)33/h13,15,18-19,26-27H,2-12,14,16-17,20-25H2,1H3. The Morgan fingerprint density at radius 1 is 0.848 bits per heavy atom. The van der Waals surface area contributed by atoms with Crippen molar-refractivity contribution in [2.24, 2.45) is 17.3 Å². The first-order valence-electron chi connectivity index (χ1n) is 14.3. The molecule has 2 fully saturated rings. The average molecular weight is 456 g/mol. The fourth-order valence-electron chi connectivity index (χ4n) is 6.81. The van der Waals surface area contributed by atoms with Crippen LogP contribution in [0.5, 0.6) is 0 Å². The highest BCUT2D eigenvalue weighted by Gasteiger charge is 2.48. The van der Waals surface area contributed by atoms with Crippen molar-refractivity contribution in [1.29, 1.82) is 0 Å². The molecule has 2 aliphatic carbocycles. The van der Waals surface area contributed by atoms with Gasteiger partial charge in [0.15, 0.2) is 0 Å². The lowest BCUT2D eigenvalue weighted by molar-refractivity contribution is -0.136. The summed E-state index contributed by atoms with van der Waals surface area (Å²) in [5.74, 6) is 1.72. The number of allylic oxidation sites excluding steroid dienone is 2. The minimum absolute atomic E-state index is 0.146. The van der Waals surface area contributed by atoms with Crippen LogP contribution in [0.4, 0.5) is 0 Å². The summed E-state index contributed by atoms with van der Waals surface area (Å²) in [5, 5.41) is 0. The number of hydrogen-bond acceptors (Lipinski definition) is 2. The molecule has 2 amide bonds. The number of nitrogens with zero attached hydrogens (tertiary/aromatic N) is 1. The van der Waals surface area contributed by atoms with Gasteiger partial charge in [-0.2, -0.15) is 0 Å². The van der Waals surface area contributed by atoms with Gasteiger partial charge in [0.05, 0.1) is 0 Å². The van der Waals surface area contributed by atoms with Crippen molar-refractivity contribution in [3.05, 3.63) is 24.3 Å². The SMILES string of the molecule is CCC(CC=CCCCCCCCCCCCCCN1C(=O)C=CC1=O)C12CCC(CC1)C2. The lowest BCUT2D eigenvalue weighted by atomic mass is 9.70. The summed E-state index contributed by atoms with van der Waals surface area (Å²) in [5.41, 5.74) is 0.732. The minimum atomic E-state index is -0.146. The molecule has 1 heterocycles. The Labute approximate surface area is 203 Å². The highest BCUT2D eigenvalue weighted by atomic mass is 16.2. The van der Waals surface area contributed by atoms with Gasteiger partial charge in [0.25, 0.3) is 11.8 Å². The summed E-state index contributed by atoms with van der Waals surface area (Å²) >= 11 is 0. The number of hydrogen-bond donors (Lipinski definition) is 0. The summed E-state index contributed by atoms with van der Waals surface area (Å²) in [6.45, 7) is 3.00. The van der Waals surface area contributed by atoms with Gasteiger partial charge in [-0.1, -0.05) is 83.3 Å². The van der Waals surface area contributed by atoms with E-state index in [1.54, 1.807) is 6.42 Å². The van der Waals surface area contributed by atoms with E-state index in [9.17, 15) is 9.59 Å². The van der Waals surface area contributed by atoms with E-state index < -0.39 is 0 Å². The Kier molecular flexibility index (Phi) is 11.2. The number of carbonyl (C=O) groups excluding carboxylic acids is 2. The number of carbonyl (C=O) groups is 2. The highest BCUT2D eigenvalue weighted by Crippen LogP contribution is 2.59. The summed E-state index contributed by atoms with van der Waals surface area (Å²) in [7, 11) is 0. The molecule has 3 aliphatic rings. The second kappa shape index (κ2) is 14.1.